The summed E-state index contributed by atoms with van der Waals surface area (Å²) < 4.78 is 43.6. The predicted octanol–water partition coefficient (Wildman–Crippen LogP) is 8.64. The number of alkyl halides is 3. The molecule has 0 aromatic heterocycles. The molecule has 1 heterocycles. The van der Waals surface area contributed by atoms with E-state index < -0.39 is 18.1 Å². The molecule has 2 unspecified atom stereocenters. The fourth-order valence-corrected chi connectivity index (χ4v) is 4.12. The highest BCUT2D eigenvalue weighted by atomic mass is 32.2. The van der Waals surface area contributed by atoms with Gasteiger partial charge in [0.15, 0.2) is 0 Å². The molecule has 1 fully saturated rings. The van der Waals surface area contributed by atoms with Gasteiger partial charge in [-0.15, -0.1) is 24.9 Å². The zero-order valence-corrected chi connectivity index (χ0v) is 23.5. The number of allylic oxidation sites excluding steroid dienone is 6. The van der Waals surface area contributed by atoms with E-state index in [1.165, 1.54) is 11.0 Å². The molecule has 1 saturated heterocycles. The third kappa shape index (κ3) is 14.4. The van der Waals surface area contributed by atoms with Gasteiger partial charge in [-0.1, -0.05) is 57.9 Å². The van der Waals surface area contributed by atoms with Crippen molar-refractivity contribution in [3.8, 4) is 0 Å². The smallest absolute Gasteiger partial charge is 0.410 e. The van der Waals surface area contributed by atoms with Crippen molar-refractivity contribution in [2.24, 2.45) is 0 Å². The van der Waals surface area contributed by atoms with Gasteiger partial charge in [-0.3, -0.25) is 4.39 Å². The Morgan fingerprint density at radius 2 is 1.89 bits per heavy atom. The van der Waals surface area contributed by atoms with Crippen LogP contribution in [0.3, 0.4) is 0 Å². The van der Waals surface area contributed by atoms with E-state index in [1.807, 2.05) is 33.8 Å². The lowest BCUT2D eigenvalue weighted by atomic mass is 9.95. The molecule has 1 amide bonds. The van der Waals surface area contributed by atoms with Crippen LogP contribution in [0.1, 0.15) is 59.8 Å². The number of cyclic esters (lactones) is 1. The number of halogens is 3. The number of nitrogens with zero attached hydrogens (tertiary/aromatic N) is 1. The summed E-state index contributed by atoms with van der Waals surface area (Å²) >= 11 is 1.61. The number of ether oxygens (including phenoxy) is 1. The lowest BCUT2D eigenvalue weighted by Crippen LogP contribution is -2.47. The van der Waals surface area contributed by atoms with Gasteiger partial charge in [-0.2, -0.15) is 8.78 Å². The molecule has 208 valence electrons. The molecule has 8 heteroatoms. The van der Waals surface area contributed by atoms with Crippen LogP contribution in [-0.2, 0) is 4.74 Å². The van der Waals surface area contributed by atoms with Crippen molar-refractivity contribution in [2.45, 2.75) is 77.9 Å². The van der Waals surface area contributed by atoms with Gasteiger partial charge in [-0.05, 0) is 49.3 Å². The standard InChI is InChI=1S/C23H33F2NO3S.C2H6.C2H4.CH3F/c1-6-10-18(7-2)23(24,25)21(27)13-12-19-14-16-29-22(28)26(19)15-9-11-20(8-3)30-17(4)5;3*1-2/h6-8,10,19,21,27H,1-2,4,9,11-16H2,3,5H3;1-2H3;1-2H2;1H3/b18-10+,20-8-;;;. The molecule has 0 radical (unpaired) electrons. The van der Waals surface area contributed by atoms with Gasteiger partial charge < -0.3 is 14.7 Å². The molecular formula is C28H46F3NO3S. The minimum absolute atomic E-state index is 0.143. The van der Waals surface area contributed by atoms with Crippen LogP contribution in [-0.4, -0.2) is 54.5 Å². The predicted molar refractivity (Wildman–Crippen MR) is 150 cm³/mol. The third-order valence-corrected chi connectivity index (χ3v) is 5.95. The van der Waals surface area contributed by atoms with Crippen LogP contribution in [0, 0.1) is 0 Å². The first-order valence-electron chi connectivity index (χ1n) is 12.0. The van der Waals surface area contributed by atoms with Crippen LogP contribution in [0.2, 0.25) is 0 Å². The van der Waals surface area contributed by atoms with Gasteiger partial charge in [0.25, 0.3) is 5.92 Å². The molecule has 2 atom stereocenters. The Labute approximate surface area is 221 Å². The van der Waals surface area contributed by atoms with Crippen LogP contribution in [0.5, 0.6) is 0 Å². The largest absolute Gasteiger partial charge is 0.449 e. The maximum atomic E-state index is 14.5. The Balaban J connectivity index is -0.00000168. The van der Waals surface area contributed by atoms with E-state index in [1.54, 1.807) is 16.7 Å². The second-order valence-electron chi connectivity index (χ2n) is 7.19. The number of aliphatic hydroxyl groups excluding tert-OH is 1. The van der Waals surface area contributed by atoms with Crippen LogP contribution in [0.25, 0.3) is 0 Å². The van der Waals surface area contributed by atoms with E-state index in [-0.39, 0.29) is 31.1 Å². The molecule has 0 saturated carbocycles. The number of carbonyl (C=O) groups excluding carboxylic acids is 1. The van der Waals surface area contributed by atoms with Gasteiger partial charge in [0.1, 0.15) is 6.10 Å². The Morgan fingerprint density at radius 1 is 1.31 bits per heavy atom. The minimum atomic E-state index is -3.43. The number of amides is 1. The summed E-state index contributed by atoms with van der Waals surface area (Å²) in [6.07, 6.45) is 5.32. The SMILES string of the molecule is C=C.C=C/C=C(\C=C)C(F)(F)C(O)CCC1CCOC(=O)N1CCC/C(=C/C)SC(=C)C.CC.CF. The molecule has 0 bridgehead atoms. The maximum Gasteiger partial charge on any atom is 0.410 e. The summed E-state index contributed by atoms with van der Waals surface area (Å²) in [5.74, 6) is -3.43. The number of hydrogen-bond donors (Lipinski definition) is 1. The molecule has 1 aliphatic heterocycles. The maximum absolute atomic E-state index is 14.5. The van der Waals surface area contributed by atoms with Crippen molar-refractivity contribution < 1.29 is 27.8 Å². The molecule has 0 aromatic rings. The monoisotopic (exact) mass is 533 g/mol. The number of rotatable bonds is 13. The molecule has 36 heavy (non-hydrogen) atoms. The zero-order valence-electron chi connectivity index (χ0n) is 22.7. The lowest BCUT2D eigenvalue weighted by molar-refractivity contribution is -0.0824. The van der Waals surface area contributed by atoms with E-state index >= 15 is 0 Å². The Kier molecular flexibility index (Phi) is 24.7. The van der Waals surface area contributed by atoms with Crippen LogP contribution >= 0.6 is 11.8 Å². The second kappa shape index (κ2) is 23.2. The fourth-order valence-electron chi connectivity index (χ4n) is 3.31. The quantitative estimate of drug-likeness (QED) is 0.190. The van der Waals surface area contributed by atoms with Gasteiger partial charge in [0, 0.05) is 24.6 Å². The topological polar surface area (TPSA) is 49.8 Å². The van der Waals surface area contributed by atoms with Gasteiger partial charge in [-0.25, -0.2) is 4.79 Å². The van der Waals surface area contributed by atoms with Crippen molar-refractivity contribution in [1.82, 2.24) is 4.90 Å². The molecule has 0 aliphatic carbocycles. The zero-order chi connectivity index (χ0) is 28.7. The van der Waals surface area contributed by atoms with Crippen LogP contribution in [0.15, 0.2) is 72.6 Å². The van der Waals surface area contributed by atoms with E-state index in [9.17, 15) is 23.1 Å². The number of carbonyl (C=O) groups is 1. The van der Waals surface area contributed by atoms with Gasteiger partial charge >= 0.3 is 6.09 Å². The molecule has 4 nitrogen and oxygen atoms in total. The average molecular weight is 534 g/mol. The Hall–Kier alpha value is -2.19. The summed E-state index contributed by atoms with van der Waals surface area (Å²) in [4.78, 5) is 16.0. The van der Waals surface area contributed by atoms with Crippen LogP contribution in [0.4, 0.5) is 18.0 Å². The van der Waals surface area contributed by atoms with Crippen molar-refractivity contribution in [3.63, 3.8) is 0 Å². The first-order chi connectivity index (χ1) is 17.2. The number of aliphatic hydroxyl groups is 1. The highest BCUT2D eigenvalue weighted by molar-refractivity contribution is 8.06. The normalized spacial score (nSPS) is 16.5. The van der Waals surface area contributed by atoms with Crippen molar-refractivity contribution in [3.05, 3.63) is 72.6 Å². The van der Waals surface area contributed by atoms with Gasteiger partial charge in [0.05, 0.1) is 13.8 Å². The van der Waals surface area contributed by atoms with Gasteiger partial charge in [0.2, 0.25) is 0 Å². The Bertz CT molecular complexity index is 708. The summed E-state index contributed by atoms with van der Waals surface area (Å²) in [7, 11) is 0.500. The first kappa shape index (κ1) is 38.3. The molecule has 1 aliphatic rings. The van der Waals surface area contributed by atoms with Crippen LogP contribution < -0.4 is 0 Å². The van der Waals surface area contributed by atoms with E-state index in [2.05, 4.69) is 32.9 Å². The summed E-state index contributed by atoms with van der Waals surface area (Å²) in [5, 5.41) is 10.1. The third-order valence-electron chi connectivity index (χ3n) is 4.90. The summed E-state index contributed by atoms with van der Waals surface area (Å²) in [5.41, 5.74) is -0.376. The summed E-state index contributed by atoms with van der Waals surface area (Å²) in [6.45, 7) is 25.3. The fraction of sp³-hybridized carbons (Fsp3) is 0.536. The van der Waals surface area contributed by atoms with E-state index in [0.717, 1.165) is 29.9 Å². The molecular weight excluding hydrogens is 487 g/mol. The Morgan fingerprint density at radius 3 is 2.36 bits per heavy atom. The minimum Gasteiger partial charge on any atom is -0.449 e. The molecule has 1 rings (SSSR count). The number of hydrogen-bond acceptors (Lipinski definition) is 4. The first-order valence-corrected chi connectivity index (χ1v) is 12.8. The molecule has 0 aromatic carbocycles. The second-order valence-corrected chi connectivity index (χ2v) is 8.62. The highest BCUT2D eigenvalue weighted by Gasteiger charge is 2.41. The molecule has 0 spiro atoms. The van der Waals surface area contributed by atoms with Crippen molar-refractivity contribution >= 4 is 17.9 Å². The van der Waals surface area contributed by atoms with Crippen molar-refractivity contribution in [1.29, 1.82) is 0 Å². The molecule has 1 N–H and O–H groups in total. The summed E-state index contributed by atoms with van der Waals surface area (Å²) in [6, 6.07) is -0.241. The number of thioether (sulfide) groups is 1. The highest BCUT2D eigenvalue weighted by Crippen LogP contribution is 2.33. The van der Waals surface area contributed by atoms with E-state index in [4.69, 9.17) is 4.74 Å². The lowest BCUT2D eigenvalue weighted by Gasteiger charge is -2.36. The van der Waals surface area contributed by atoms with Crippen molar-refractivity contribution in [2.75, 3.05) is 20.3 Å². The average Bonchev–Trinajstić information content (AvgIpc) is 2.89. The van der Waals surface area contributed by atoms with E-state index in [0.29, 0.717) is 20.1 Å².